The smallest absolute Gasteiger partial charge is 0.362 e. The lowest BCUT2D eigenvalue weighted by atomic mass is 10.1. The quantitative estimate of drug-likeness (QED) is 0.588. The van der Waals surface area contributed by atoms with Crippen LogP contribution in [0.2, 0.25) is 0 Å². The zero-order valence-electron chi connectivity index (χ0n) is 13.5. The minimum absolute atomic E-state index is 0.229. The molecule has 1 saturated heterocycles. The number of benzene rings is 1. The van der Waals surface area contributed by atoms with Crippen LogP contribution < -0.4 is 4.90 Å². The van der Waals surface area contributed by atoms with E-state index < -0.39 is 22.4 Å². The van der Waals surface area contributed by atoms with Gasteiger partial charge in [-0.3, -0.25) is 15.1 Å². The molecule has 1 unspecified atom stereocenters. The van der Waals surface area contributed by atoms with Crippen LogP contribution in [0.25, 0.3) is 0 Å². The van der Waals surface area contributed by atoms with Crippen LogP contribution in [0.3, 0.4) is 0 Å². The fourth-order valence-electron chi connectivity index (χ4n) is 2.89. The molecule has 0 amide bonds. The molecular formula is C15H17F3N4O2S. The lowest BCUT2D eigenvalue weighted by Crippen LogP contribution is -2.48. The van der Waals surface area contributed by atoms with Crippen molar-refractivity contribution < 1.29 is 18.1 Å². The predicted molar refractivity (Wildman–Crippen MR) is 91.2 cm³/mol. The van der Waals surface area contributed by atoms with Crippen LogP contribution in [0.4, 0.5) is 24.5 Å². The first kappa shape index (κ1) is 17.8. The number of piperazine rings is 1. The number of nitrogens with zero attached hydrogens (tertiary/aromatic N) is 4. The molecule has 25 heavy (non-hydrogen) atoms. The molecule has 2 aliphatic heterocycles. The molecule has 2 heterocycles. The van der Waals surface area contributed by atoms with E-state index >= 15 is 0 Å². The second-order valence-electron chi connectivity index (χ2n) is 5.98. The highest BCUT2D eigenvalue weighted by atomic mass is 32.2. The molecule has 1 aromatic carbocycles. The van der Waals surface area contributed by atoms with Gasteiger partial charge in [0.05, 0.1) is 17.0 Å². The molecular weight excluding hydrogens is 357 g/mol. The summed E-state index contributed by atoms with van der Waals surface area (Å²) in [7, 11) is 0. The van der Waals surface area contributed by atoms with Gasteiger partial charge in [-0.25, -0.2) is 0 Å². The third-order valence-electron chi connectivity index (χ3n) is 4.18. The van der Waals surface area contributed by atoms with E-state index in [-0.39, 0.29) is 5.69 Å². The first-order valence-electron chi connectivity index (χ1n) is 7.82. The van der Waals surface area contributed by atoms with E-state index in [1.54, 1.807) is 16.7 Å². The number of hydrogen-bond donors (Lipinski definition) is 0. The fraction of sp³-hybridized carbons (Fsp3) is 0.533. The van der Waals surface area contributed by atoms with Gasteiger partial charge in [-0.05, 0) is 12.1 Å². The van der Waals surface area contributed by atoms with Crippen molar-refractivity contribution >= 4 is 28.3 Å². The molecule has 1 aromatic rings. The summed E-state index contributed by atoms with van der Waals surface area (Å²) in [5.41, 5.74) is -1.29. The molecule has 0 N–H and O–H groups in total. The van der Waals surface area contributed by atoms with Crippen LogP contribution in [-0.4, -0.2) is 53.0 Å². The second-order valence-corrected chi connectivity index (χ2v) is 7.39. The summed E-state index contributed by atoms with van der Waals surface area (Å²) >= 11 is 1.71. The number of alkyl halides is 3. The van der Waals surface area contributed by atoms with Crippen molar-refractivity contribution in [3.05, 3.63) is 33.9 Å². The van der Waals surface area contributed by atoms with E-state index in [9.17, 15) is 23.3 Å². The Morgan fingerprint density at radius 1 is 1.24 bits per heavy atom. The molecule has 3 rings (SSSR count). The molecule has 0 radical (unpaired) electrons. The Balaban J connectivity index is 1.75. The fourth-order valence-corrected chi connectivity index (χ4v) is 3.88. The van der Waals surface area contributed by atoms with E-state index in [4.69, 9.17) is 0 Å². The molecule has 2 aliphatic rings. The molecule has 1 fully saturated rings. The average Bonchev–Trinajstić information content (AvgIpc) is 3.00. The van der Waals surface area contributed by atoms with Crippen LogP contribution in [-0.2, 0) is 6.18 Å². The van der Waals surface area contributed by atoms with Gasteiger partial charge in [0.2, 0.25) is 0 Å². The summed E-state index contributed by atoms with van der Waals surface area (Å²) in [5.74, 6) is 0. The molecule has 10 heteroatoms. The summed E-state index contributed by atoms with van der Waals surface area (Å²) in [4.78, 5) is 18.8. The highest BCUT2D eigenvalue weighted by Crippen LogP contribution is 2.37. The third-order valence-corrected chi connectivity index (χ3v) is 5.33. The first-order chi connectivity index (χ1) is 11.8. The Morgan fingerprint density at radius 2 is 1.88 bits per heavy atom. The molecule has 0 spiro atoms. The van der Waals surface area contributed by atoms with Gasteiger partial charge in [-0.15, -0.1) is 0 Å². The molecule has 0 saturated carbocycles. The highest BCUT2D eigenvalue weighted by molar-refractivity contribution is 8.14. The summed E-state index contributed by atoms with van der Waals surface area (Å²) in [6.07, 6.45) is -4.60. The van der Waals surface area contributed by atoms with Gasteiger partial charge in [0.1, 0.15) is 5.69 Å². The van der Waals surface area contributed by atoms with Gasteiger partial charge in [0.15, 0.2) is 5.17 Å². The first-order valence-corrected chi connectivity index (χ1v) is 8.70. The van der Waals surface area contributed by atoms with Crippen LogP contribution in [0.5, 0.6) is 0 Å². The Bertz CT molecular complexity index is 703. The summed E-state index contributed by atoms with van der Waals surface area (Å²) < 4.78 is 38.4. The molecule has 6 nitrogen and oxygen atoms in total. The number of nitro groups is 1. The standard InChI is InChI=1S/C15H17F3N4O2S/c1-10-9-19-14(25-10)21-6-4-20(5-7-21)12-3-2-11(15(16,17)18)8-13(12)22(23)24/h2-3,8,10H,4-7,9H2,1H3. The van der Waals surface area contributed by atoms with Crippen LogP contribution in [0, 0.1) is 10.1 Å². The zero-order valence-corrected chi connectivity index (χ0v) is 14.3. The van der Waals surface area contributed by atoms with Crippen molar-refractivity contribution in [2.45, 2.75) is 18.3 Å². The van der Waals surface area contributed by atoms with Gasteiger partial charge in [0.25, 0.3) is 5.69 Å². The van der Waals surface area contributed by atoms with Crippen molar-refractivity contribution in [1.29, 1.82) is 0 Å². The monoisotopic (exact) mass is 374 g/mol. The van der Waals surface area contributed by atoms with Gasteiger partial charge >= 0.3 is 6.18 Å². The number of rotatable bonds is 2. The van der Waals surface area contributed by atoms with Gasteiger partial charge < -0.3 is 9.80 Å². The van der Waals surface area contributed by atoms with Gasteiger partial charge in [-0.2, -0.15) is 13.2 Å². The topological polar surface area (TPSA) is 62.0 Å². The van der Waals surface area contributed by atoms with E-state index in [0.717, 1.165) is 17.8 Å². The minimum atomic E-state index is -4.60. The molecule has 1 atom stereocenters. The lowest BCUT2D eigenvalue weighted by molar-refractivity contribution is -0.384. The number of amidine groups is 1. The predicted octanol–water partition coefficient (Wildman–Crippen LogP) is 3.23. The number of anilines is 1. The molecule has 0 bridgehead atoms. The van der Waals surface area contributed by atoms with Gasteiger partial charge in [0, 0.05) is 37.5 Å². The summed E-state index contributed by atoms with van der Waals surface area (Å²) in [6.45, 7) is 5.15. The van der Waals surface area contributed by atoms with Crippen LogP contribution in [0.1, 0.15) is 12.5 Å². The van der Waals surface area contributed by atoms with E-state index in [1.165, 1.54) is 6.07 Å². The highest BCUT2D eigenvalue weighted by Gasteiger charge is 2.34. The third kappa shape index (κ3) is 3.83. The summed E-state index contributed by atoms with van der Waals surface area (Å²) in [5, 5.41) is 12.7. The normalized spacial score (nSPS) is 21.4. The Hall–Kier alpha value is -1.97. The Morgan fingerprint density at radius 3 is 2.40 bits per heavy atom. The number of hydrogen-bond acceptors (Lipinski definition) is 6. The maximum Gasteiger partial charge on any atom is 0.416 e. The van der Waals surface area contributed by atoms with Crippen molar-refractivity contribution in [2.24, 2.45) is 4.99 Å². The zero-order chi connectivity index (χ0) is 18.2. The largest absolute Gasteiger partial charge is 0.416 e. The van der Waals surface area contributed by atoms with E-state index in [1.807, 2.05) is 0 Å². The number of halogens is 3. The Kier molecular flexibility index (Phi) is 4.81. The van der Waals surface area contributed by atoms with Crippen molar-refractivity contribution in [1.82, 2.24) is 4.90 Å². The van der Waals surface area contributed by atoms with E-state index in [2.05, 4.69) is 16.8 Å². The summed E-state index contributed by atoms with van der Waals surface area (Å²) in [6, 6.07) is 2.70. The second kappa shape index (κ2) is 6.74. The molecule has 0 aliphatic carbocycles. The minimum Gasteiger partial charge on any atom is -0.362 e. The number of nitro benzene ring substituents is 1. The van der Waals surface area contributed by atoms with Crippen molar-refractivity contribution in [3.63, 3.8) is 0 Å². The van der Waals surface area contributed by atoms with Crippen LogP contribution in [0.15, 0.2) is 23.2 Å². The van der Waals surface area contributed by atoms with Crippen molar-refractivity contribution in [3.8, 4) is 0 Å². The van der Waals surface area contributed by atoms with Crippen molar-refractivity contribution in [2.75, 3.05) is 37.6 Å². The van der Waals surface area contributed by atoms with E-state index in [0.29, 0.717) is 37.5 Å². The van der Waals surface area contributed by atoms with Crippen LogP contribution >= 0.6 is 11.8 Å². The maximum absolute atomic E-state index is 12.8. The number of aliphatic imine (C=N–C) groups is 1. The average molecular weight is 374 g/mol. The number of thioether (sulfide) groups is 1. The molecule has 0 aromatic heterocycles. The van der Waals surface area contributed by atoms with Gasteiger partial charge in [-0.1, -0.05) is 18.7 Å². The SMILES string of the molecule is CC1CN=C(N2CCN(c3ccc(C(F)(F)F)cc3[N+](=O)[O-])CC2)S1. The lowest BCUT2D eigenvalue weighted by Gasteiger charge is -2.36. The maximum atomic E-state index is 12.8. The Labute approximate surface area is 146 Å². The molecule has 136 valence electrons.